The molecule has 4 rings (SSSR count). The second-order valence-corrected chi connectivity index (χ2v) is 13.0. The van der Waals surface area contributed by atoms with Gasteiger partial charge >= 0.3 is 5.97 Å². The van der Waals surface area contributed by atoms with Crippen molar-refractivity contribution >= 4 is 11.8 Å². The molecule has 0 aliphatic heterocycles. The van der Waals surface area contributed by atoms with Gasteiger partial charge in [0.05, 0.1) is 6.10 Å². The van der Waals surface area contributed by atoms with Crippen molar-refractivity contribution in [3.63, 3.8) is 0 Å². The van der Waals surface area contributed by atoms with Gasteiger partial charge in [0.2, 0.25) is 0 Å². The zero-order chi connectivity index (χ0) is 25.3. The molecule has 0 heterocycles. The molecule has 0 aromatic carbocycles. The lowest BCUT2D eigenvalue weighted by molar-refractivity contribution is -0.138. The number of carbonyl (C=O) groups is 2. The minimum Gasteiger partial charge on any atom is -0.478 e. The van der Waals surface area contributed by atoms with E-state index in [1.165, 1.54) is 11.1 Å². The lowest BCUT2D eigenvalue weighted by Crippen LogP contribution is -2.54. The molecule has 0 spiro atoms. The molecular weight excluding hydrogens is 424 g/mol. The van der Waals surface area contributed by atoms with Gasteiger partial charge in [-0.2, -0.15) is 0 Å². The molecule has 188 valence electrons. The summed E-state index contributed by atoms with van der Waals surface area (Å²) in [7, 11) is 0. The van der Waals surface area contributed by atoms with Crippen LogP contribution in [0.3, 0.4) is 0 Å². The number of rotatable bonds is 5. The first-order chi connectivity index (χ1) is 15.7. The summed E-state index contributed by atoms with van der Waals surface area (Å²) in [6.07, 6.45) is 12.2. The number of fused-ring (bicyclic) bond motifs is 5. The van der Waals surface area contributed by atoms with Crippen LogP contribution in [0.15, 0.2) is 34.9 Å². The number of aliphatic carboxylic acids is 1. The molecule has 0 bridgehead atoms. The number of hydrogen-bond acceptors (Lipinski definition) is 3. The predicted octanol–water partition coefficient (Wildman–Crippen LogP) is 6.50. The highest BCUT2D eigenvalue weighted by Crippen LogP contribution is 2.71. The summed E-state index contributed by atoms with van der Waals surface area (Å²) in [6, 6.07) is 0. The first-order valence-electron chi connectivity index (χ1n) is 13.2. The molecule has 0 aromatic rings. The highest BCUT2D eigenvalue weighted by Gasteiger charge is 2.66. The minimum atomic E-state index is -0.850. The number of carboxylic acids is 1. The van der Waals surface area contributed by atoms with Crippen molar-refractivity contribution in [3.8, 4) is 0 Å². The summed E-state index contributed by atoms with van der Waals surface area (Å²) in [4.78, 5) is 23.9. The van der Waals surface area contributed by atoms with E-state index in [0.29, 0.717) is 35.5 Å². The largest absolute Gasteiger partial charge is 0.478 e. The molecule has 7 atom stereocenters. The fraction of sp³-hybridized carbons (Fsp3) is 0.733. The maximum atomic E-state index is 12.8. The van der Waals surface area contributed by atoms with Crippen LogP contribution < -0.4 is 0 Å². The number of aliphatic hydroxyl groups excluding tert-OH is 1. The smallest absolute Gasteiger partial charge is 0.330 e. The summed E-state index contributed by atoms with van der Waals surface area (Å²) >= 11 is 0. The van der Waals surface area contributed by atoms with Crippen LogP contribution in [-0.2, 0) is 9.59 Å². The van der Waals surface area contributed by atoms with Crippen molar-refractivity contribution in [2.24, 2.45) is 39.4 Å². The Bertz CT molecular complexity index is 984. The van der Waals surface area contributed by atoms with Gasteiger partial charge < -0.3 is 10.2 Å². The van der Waals surface area contributed by atoms with E-state index in [2.05, 4.69) is 53.7 Å². The van der Waals surface area contributed by atoms with Gasteiger partial charge in [0.25, 0.3) is 0 Å². The lowest BCUT2D eigenvalue weighted by atomic mass is 9.44. The van der Waals surface area contributed by atoms with Crippen molar-refractivity contribution in [3.05, 3.63) is 34.9 Å². The third-order valence-corrected chi connectivity index (χ3v) is 11.2. The van der Waals surface area contributed by atoms with Gasteiger partial charge in [-0.25, -0.2) is 4.79 Å². The Balaban J connectivity index is 1.66. The van der Waals surface area contributed by atoms with Crippen LogP contribution >= 0.6 is 0 Å². The van der Waals surface area contributed by atoms with Crippen molar-refractivity contribution < 1.29 is 19.8 Å². The first kappa shape index (κ1) is 25.4. The monoisotopic (exact) mass is 468 g/mol. The molecule has 4 aliphatic rings. The van der Waals surface area contributed by atoms with E-state index in [1.807, 2.05) is 6.08 Å². The number of carbonyl (C=O) groups excluding carboxylic acids is 1. The molecular formula is C30H44O4. The van der Waals surface area contributed by atoms with Crippen LogP contribution in [0.2, 0.25) is 0 Å². The second kappa shape index (κ2) is 8.18. The molecule has 2 N–H and O–H groups in total. The third-order valence-electron chi connectivity index (χ3n) is 11.2. The third kappa shape index (κ3) is 3.34. The number of hydrogen-bond donors (Lipinski definition) is 2. The van der Waals surface area contributed by atoms with E-state index in [0.717, 1.165) is 38.5 Å². The van der Waals surface area contributed by atoms with E-state index in [4.69, 9.17) is 5.11 Å². The summed E-state index contributed by atoms with van der Waals surface area (Å²) < 4.78 is 0. The van der Waals surface area contributed by atoms with Crippen LogP contribution in [-0.4, -0.2) is 28.1 Å². The van der Waals surface area contributed by atoms with Crippen LogP contribution in [0, 0.1) is 39.4 Å². The van der Waals surface area contributed by atoms with Crippen molar-refractivity contribution in [1.82, 2.24) is 0 Å². The number of carboxylic acid groups (broad SMARTS) is 1. The van der Waals surface area contributed by atoms with E-state index >= 15 is 0 Å². The molecule has 4 heteroatoms. The Morgan fingerprint density at radius 1 is 1.18 bits per heavy atom. The fourth-order valence-electron chi connectivity index (χ4n) is 8.60. The highest BCUT2D eigenvalue weighted by atomic mass is 16.4. The molecule has 0 unspecified atom stereocenters. The number of allylic oxidation sites excluding steroid dienone is 4. The van der Waals surface area contributed by atoms with Crippen molar-refractivity contribution in [2.45, 2.75) is 99.5 Å². The first-order valence-corrected chi connectivity index (χ1v) is 13.2. The molecule has 2 saturated carbocycles. The molecule has 34 heavy (non-hydrogen) atoms. The Labute approximate surface area is 205 Å². The van der Waals surface area contributed by atoms with Gasteiger partial charge in [-0.3, -0.25) is 4.79 Å². The number of ketones is 1. The average molecular weight is 469 g/mol. The van der Waals surface area contributed by atoms with Crippen LogP contribution in [0.1, 0.15) is 93.4 Å². The van der Waals surface area contributed by atoms with Gasteiger partial charge in [0, 0.05) is 22.8 Å². The zero-order valence-electron chi connectivity index (χ0n) is 22.2. The van der Waals surface area contributed by atoms with Crippen LogP contribution in [0.5, 0.6) is 0 Å². The zero-order valence-corrected chi connectivity index (χ0v) is 22.2. The van der Waals surface area contributed by atoms with Gasteiger partial charge in [-0.1, -0.05) is 59.8 Å². The molecule has 0 radical (unpaired) electrons. The molecule has 0 aromatic heterocycles. The second-order valence-electron chi connectivity index (χ2n) is 13.0. The van der Waals surface area contributed by atoms with E-state index in [1.54, 1.807) is 6.92 Å². The maximum Gasteiger partial charge on any atom is 0.330 e. The quantitative estimate of drug-likeness (QED) is 0.452. The standard InChI is InChI=1S/C30H44O4/c1-18(9-8-10-19(2)26(33)34)22-17-25(32)30(7)21-11-12-23-27(3,4)24(31)14-15-28(23,5)20(21)13-16-29(22,30)6/h10-11,13,18,22-23,25,32H,8-9,12,14-17H2,1-7H3,(H,33,34)/b19-10+/t18-,22-,23+,25-,28-,29-,30-/m1/s1. The fourth-order valence-corrected chi connectivity index (χ4v) is 8.60. The van der Waals surface area contributed by atoms with E-state index in [9.17, 15) is 14.7 Å². The summed E-state index contributed by atoms with van der Waals surface area (Å²) in [5.74, 6) is 0.618. The lowest BCUT2D eigenvalue weighted by Gasteiger charge is -2.60. The topological polar surface area (TPSA) is 74.6 Å². The molecule has 2 fully saturated rings. The molecule has 4 aliphatic carbocycles. The molecule has 4 nitrogen and oxygen atoms in total. The normalized spacial score (nSPS) is 42.2. The SMILES string of the molecule is C/C(=C\CC[C@@H](C)[C@H]1C[C@@H](O)[C@@]2(C)C3=CC[C@H]4C(C)(C)C(=O)CC[C@]4(C)C3=CC[C@]12C)C(=O)O. The van der Waals surface area contributed by atoms with Gasteiger partial charge in [0.15, 0.2) is 0 Å². The van der Waals surface area contributed by atoms with Crippen molar-refractivity contribution in [1.29, 1.82) is 0 Å². The van der Waals surface area contributed by atoms with Crippen LogP contribution in [0.25, 0.3) is 0 Å². The van der Waals surface area contributed by atoms with E-state index < -0.39 is 12.1 Å². The highest BCUT2D eigenvalue weighted by molar-refractivity contribution is 5.86. The average Bonchev–Trinajstić information content (AvgIpc) is 2.98. The Morgan fingerprint density at radius 3 is 2.50 bits per heavy atom. The van der Waals surface area contributed by atoms with E-state index in [-0.39, 0.29) is 21.7 Å². The predicted molar refractivity (Wildman–Crippen MR) is 135 cm³/mol. The Morgan fingerprint density at radius 2 is 1.85 bits per heavy atom. The molecule has 0 saturated heterocycles. The van der Waals surface area contributed by atoms with Crippen LogP contribution in [0.4, 0.5) is 0 Å². The summed E-state index contributed by atoms with van der Waals surface area (Å²) in [5.41, 5.74) is 2.46. The van der Waals surface area contributed by atoms with Crippen molar-refractivity contribution in [2.75, 3.05) is 0 Å². The maximum absolute atomic E-state index is 12.8. The summed E-state index contributed by atoms with van der Waals surface area (Å²) in [5, 5.41) is 20.8. The Hall–Kier alpha value is -1.68. The minimum absolute atomic E-state index is 0.0194. The molecule has 0 amide bonds. The van der Waals surface area contributed by atoms with Gasteiger partial charge in [-0.05, 0) is 85.2 Å². The Kier molecular flexibility index (Phi) is 6.12. The number of Topliss-reactive ketones (excluding diaryl/α,β-unsaturated/α-hetero) is 1. The summed E-state index contributed by atoms with van der Waals surface area (Å²) in [6.45, 7) is 15.2. The number of aliphatic hydroxyl groups is 1. The van der Waals surface area contributed by atoms with Gasteiger partial charge in [0.1, 0.15) is 5.78 Å². The van der Waals surface area contributed by atoms with Gasteiger partial charge in [-0.15, -0.1) is 0 Å².